The second kappa shape index (κ2) is 5.41. The zero-order chi connectivity index (χ0) is 13.0. The van der Waals surface area contributed by atoms with E-state index in [1.165, 1.54) is 5.56 Å². The van der Waals surface area contributed by atoms with Gasteiger partial charge in [-0.15, -0.1) is 0 Å². The van der Waals surface area contributed by atoms with Crippen molar-refractivity contribution in [2.24, 2.45) is 5.41 Å². The lowest BCUT2D eigenvalue weighted by molar-refractivity contribution is 0.0404. The lowest BCUT2D eigenvalue weighted by Crippen LogP contribution is -2.30. The summed E-state index contributed by atoms with van der Waals surface area (Å²) >= 11 is 0. The highest BCUT2D eigenvalue weighted by atomic mass is 16.5. The summed E-state index contributed by atoms with van der Waals surface area (Å²) in [5, 5.41) is 9.49. The van der Waals surface area contributed by atoms with Gasteiger partial charge in [-0.25, -0.2) is 0 Å². The molecule has 0 N–H and O–H groups in total. The van der Waals surface area contributed by atoms with Crippen molar-refractivity contribution in [2.75, 3.05) is 20.3 Å². The molecule has 96 valence electrons. The Morgan fingerprint density at radius 1 is 1.39 bits per heavy atom. The number of methoxy groups -OCH3 is 1. The molecule has 0 aliphatic carbocycles. The van der Waals surface area contributed by atoms with Crippen LogP contribution in [0, 0.1) is 23.7 Å². The van der Waals surface area contributed by atoms with Gasteiger partial charge >= 0.3 is 0 Å². The molecule has 0 spiro atoms. The highest BCUT2D eigenvalue weighted by Crippen LogP contribution is 2.36. The van der Waals surface area contributed by atoms with Crippen molar-refractivity contribution >= 4 is 0 Å². The zero-order valence-electron chi connectivity index (χ0n) is 11.0. The number of ether oxygens (including phenoxy) is 2. The molecule has 0 amide bonds. The monoisotopic (exact) mass is 245 g/mol. The smallest absolute Gasteiger partial charge is 0.122 e. The Bertz CT molecular complexity index is 456. The van der Waals surface area contributed by atoms with Crippen LogP contribution in [0.5, 0.6) is 5.75 Å². The molecule has 0 atom stereocenters. The first-order chi connectivity index (χ1) is 8.69. The van der Waals surface area contributed by atoms with Crippen molar-refractivity contribution in [1.29, 1.82) is 5.26 Å². The van der Waals surface area contributed by atoms with Crippen LogP contribution in [0.2, 0.25) is 0 Å². The summed E-state index contributed by atoms with van der Waals surface area (Å²) in [6, 6.07) is 8.63. The van der Waals surface area contributed by atoms with Gasteiger partial charge in [-0.05, 0) is 37.8 Å². The summed E-state index contributed by atoms with van der Waals surface area (Å²) in [6.45, 7) is 3.43. The molecule has 2 rings (SSSR count). The number of hydrogen-bond acceptors (Lipinski definition) is 3. The van der Waals surface area contributed by atoms with Gasteiger partial charge in [0.15, 0.2) is 0 Å². The largest absolute Gasteiger partial charge is 0.496 e. The van der Waals surface area contributed by atoms with Gasteiger partial charge in [0.2, 0.25) is 0 Å². The Labute approximate surface area is 108 Å². The van der Waals surface area contributed by atoms with Crippen LogP contribution >= 0.6 is 0 Å². The zero-order valence-corrected chi connectivity index (χ0v) is 11.0. The Hall–Kier alpha value is -1.53. The molecule has 0 saturated carbocycles. The number of hydrogen-bond donors (Lipinski definition) is 0. The van der Waals surface area contributed by atoms with Gasteiger partial charge in [0.1, 0.15) is 5.75 Å². The summed E-state index contributed by atoms with van der Waals surface area (Å²) in [6.07, 6.45) is 2.36. The van der Waals surface area contributed by atoms with E-state index in [1.54, 1.807) is 7.11 Å². The van der Waals surface area contributed by atoms with E-state index in [4.69, 9.17) is 9.47 Å². The van der Waals surface area contributed by atoms with E-state index in [9.17, 15) is 5.26 Å². The fourth-order valence-electron chi connectivity index (χ4n) is 2.50. The Balaban J connectivity index is 2.26. The number of rotatable bonds is 3. The van der Waals surface area contributed by atoms with Crippen molar-refractivity contribution in [2.45, 2.75) is 26.2 Å². The number of aryl methyl sites for hydroxylation is 1. The van der Waals surface area contributed by atoms with E-state index in [-0.39, 0.29) is 5.41 Å². The van der Waals surface area contributed by atoms with E-state index < -0.39 is 0 Å². The first-order valence-electron chi connectivity index (χ1n) is 6.32. The van der Waals surface area contributed by atoms with Gasteiger partial charge in [-0.2, -0.15) is 5.26 Å². The molecule has 0 unspecified atom stereocenters. The Morgan fingerprint density at radius 2 is 2.11 bits per heavy atom. The van der Waals surface area contributed by atoms with Crippen LogP contribution < -0.4 is 4.74 Å². The molecule has 1 aromatic rings. The minimum Gasteiger partial charge on any atom is -0.496 e. The highest BCUT2D eigenvalue weighted by molar-refractivity contribution is 5.38. The second-order valence-electron chi connectivity index (χ2n) is 5.00. The standard InChI is InChI=1S/C15H19NO2/c1-12-3-4-14(17-2)13(9-12)10-15(11-16)5-7-18-8-6-15/h3-4,9H,5-8,10H2,1-2H3. The lowest BCUT2D eigenvalue weighted by atomic mass is 9.76. The van der Waals surface area contributed by atoms with Crippen molar-refractivity contribution in [3.63, 3.8) is 0 Å². The highest BCUT2D eigenvalue weighted by Gasteiger charge is 2.33. The maximum atomic E-state index is 9.49. The SMILES string of the molecule is COc1ccc(C)cc1CC1(C#N)CCOCC1. The van der Waals surface area contributed by atoms with Crippen molar-refractivity contribution < 1.29 is 9.47 Å². The van der Waals surface area contributed by atoms with Gasteiger partial charge in [0, 0.05) is 13.2 Å². The second-order valence-corrected chi connectivity index (χ2v) is 5.00. The molecule has 3 heteroatoms. The third-order valence-corrected chi connectivity index (χ3v) is 3.65. The lowest BCUT2D eigenvalue weighted by Gasteiger charge is -2.31. The van der Waals surface area contributed by atoms with E-state index in [1.807, 2.05) is 12.1 Å². The van der Waals surface area contributed by atoms with Crippen LogP contribution in [-0.4, -0.2) is 20.3 Å². The van der Waals surface area contributed by atoms with E-state index in [2.05, 4.69) is 19.1 Å². The molecule has 1 fully saturated rings. The molecule has 1 aliphatic rings. The molecule has 0 radical (unpaired) electrons. The Kier molecular flexibility index (Phi) is 3.88. The van der Waals surface area contributed by atoms with Crippen LogP contribution in [0.1, 0.15) is 24.0 Å². The maximum Gasteiger partial charge on any atom is 0.122 e. The van der Waals surface area contributed by atoms with Crippen LogP contribution in [0.25, 0.3) is 0 Å². The molecule has 1 aromatic carbocycles. The predicted molar refractivity (Wildman–Crippen MR) is 69.5 cm³/mol. The number of benzene rings is 1. The third-order valence-electron chi connectivity index (χ3n) is 3.65. The minimum atomic E-state index is -0.292. The number of nitrogens with zero attached hydrogens (tertiary/aromatic N) is 1. The normalized spacial score (nSPS) is 18.1. The molecule has 1 aliphatic heterocycles. The first kappa shape index (κ1) is 12.9. The van der Waals surface area contributed by atoms with E-state index in [0.29, 0.717) is 13.2 Å². The first-order valence-corrected chi connectivity index (χ1v) is 6.32. The van der Waals surface area contributed by atoms with Crippen LogP contribution in [0.3, 0.4) is 0 Å². The Morgan fingerprint density at radius 3 is 2.72 bits per heavy atom. The summed E-state index contributed by atoms with van der Waals surface area (Å²) in [4.78, 5) is 0. The molecular formula is C15H19NO2. The van der Waals surface area contributed by atoms with Gasteiger partial charge < -0.3 is 9.47 Å². The van der Waals surface area contributed by atoms with Crippen molar-refractivity contribution in [1.82, 2.24) is 0 Å². The topological polar surface area (TPSA) is 42.2 Å². The van der Waals surface area contributed by atoms with Crippen molar-refractivity contribution in [3.8, 4) is 11.8 Å². The van der Waals surface area contributed by atoms with Gasteiger partial charge in [0.05, 0.1) is 18.6 Å². The van der Waals surface area contributed by atoms with E-state index >= 15 is 0 Å². The molecule has 1 saturated heterocycles. The summed E-state index contributed by atoms with van der Waals surface area (Å²) in [5.41, 5.74) is 2.03. The molecule has 3 nitrogen and oxygen atoms in total. The maximum absolute atomic E-state index is 9.49. The van der Waals surface area contributed by atoms with E-state index in [0.717, 1.165) is 30.6 Å². The fraction of sp³-hybridized carbons (Fsp3) is 0.533. The summed E-state index contributed by atoms with van der Waals surface area (Å²) < 4.78 is 10.8. The summed E-state index contributed by atoms with van der Waals surface area (Å²) in [5.74, 6) is 0.877. The summed E-state index contributed by atoms with van der Waals surface area (Å²) in [7, 11) is 1.68. The van der Waals surface area contributed by atoms with Gasteiger partial charge in [0.25, 0.3) is 0 Å². The number of nitriles is 1. The molecule has 0 bridgehead atoms. The van der Waals surface area contributed by atoms with Gasteiger partial charge in [-0.3, -0.25) is 0 Å². The molecule has 18 heavy (non-hydrogen) atoms. The minimum absolute atomic E-state index is 0.292. The fourth-order valence-corrected chi connectivity index (χ4v) is 2.50. The molecule has 1 heterocycles. The van der Waals surface area contributed by atoms with Crippen LogP contribution in [0.15, 0.2) is 18.2 Å². The third kappa shape index (κ3) is 2.65. The quantitative estimate of drug-likeness (QED) is 0.822. The van der Waals surface area contributed by atoms with Crippen LogP contribution in [-0.2, 0) is 11.2 Å². The average molecular weight is 245 g/mol. The van der Waals surface area contributed by atoms with Gasteiger partial charge in [-0.1, -0.05) is 17.7 Å². The van der Waals surface area contributed by atoms with Crippen LogP contribution in [0.4, 0.5) is 0 Å². The molecular weight excluding hydrogens is 226 g/mol. The predicted octanol–water partition coefficient (Wildman–Crippen LogP) is 2.87. The average Bonchev–Trinajstić information content (AvgIpc) is 2.40. The molecule has 0 aromatic heterocycles. The van der Waals surface area contributed by atoms with Crippen molar-refractivity contribution in [3.05, 3.63) is 29.3 Å².